The van der Waals surface area contributed by atoms with Crippen LogP contribution in [0.5, 0.6) is 11.6 Å². The fourth-order valence-corrected chi connectivity index (χ4v) is 5.00. The predicted molar refractivity (Wildman–Crippen MR) is 152 cm³/mol. The molecule has 1 aliphatic heterocycles. The Balaban J connectivity index is 1.41. The summed E-state index contributed by atoms with van der Waals surface area (Å²) in [5, 5.41) is 9.78. The van der Waals surface area contributed by atoms with Gasteiger partial charge in [0.2, 0.25) is 5.88 Å². The molecule has 1 atom stereocenters. The molecule has 8 nitrogen and oxygen atoms in total. The van der Waals surface area contributed by atoms with E-state index in [0.29, 0.717) is 49.9 Å². The van der Waals surface area contributed by atoms with E-state index in [4.69, 9.17) is 4.74 Å². The minimum Gasteiger partial charge on any atom is -0.465 e. The maximum absolute atomic E-state index is 13.3. The summed E-state index contributed by atoms with van der Waals surface area (Å²) in [5.74, 6) is 0.232. The van der Waals surface area contributed by atoms with Gasteiger partial charge in [0.25, 0.3) is 5.91 Å². The lowest BCUT2D eigenvalue weighted by Crippen LogP contribution is -2.67. The van der Waals surface area contributed by atoms with Crippen LogP contribution in [0.25, 0.3) is 0 Å². The van der Waals surface area contributed by atoms with Crippen LogP contribution >= 0.6 is 0 Å². The first kappa shape index (κ1) is 29.0. The van der Waals surface area contributed by atoms with Crippen LogP contribution in [0.3, 0.4) is 0 Å². The van der Waals surface area contributed by atoms with Crippen molar-refractivity contribution in [3.05, 3.63) is 83.8 Å². The van der Waals surface area contributed by atoms with Crippen LogP contribution in [-0.4, -0.2) is 63.6 Å². The number of hydrogen-bond acceptors (Lipinski definition) is 5. The third kappa shape index (κ3) is 6.25. The summed E-state index contributed by atoms with van der Waals surface area (Å²) >= 11 is 0. The van der Waals surface area contributed by atoms with Gasteiger partial charge in [0.15, 0.2) is 0 Å². The second kappa shape index (κ2) is 11.6. The molecule has 0 unspecified atom stereocenters. The molecule has 2 heterocycles. The zero-order chi connectivity index (χ0) is 29.1. The summed E-state index contributed by atoms with van der Waals surface area (Å²) < 4.78 is 18.7. The highest BCUT2D eigenvalue weighted by atomic mass is 19.1. The molecule has 212 valence electrons. The Kier molecular flexibility index (Phi) is 8.44. The Labute approximate surface area is 235 Å². The van der Waals surface area contributed by atoms with E-state index in [2.05, 4.69) is 30.7 Å². The first-order chi connectivity index (χ1) is 18.9. The van der Waals surface area contributed by atoms with E-state index in [1.54, 1.807) is 21.9 Å². The Morgan fingerprint density at radius 3 is 2.27 bits per heavy atom. The quantitative estimate of drug-likeness (QED) is 0.374. The van der Waals surface area contributed by atoms with Crippen LogP contribution in [0.15, 0.2) is 66.9 Å². The topological polar surface area (TPSA) is 86.2 Å². The number of amides is 2. The minimum atomic E-state index is -0.879. The van der Waals surface area contributed by atoms with E-state index in [-0.39, 0.29) is 17.1 Å². The van der Waals surface area contributed by atoms with E-state index < -0.39 is 11.6 Å². The van der Waals surface area contributed by atoms with Crippen molar-refractivity contribution in [3.63, 3.8) is 0 Å². The van der Waals surface area contributed by atoms with Crippen molar-refractivity contribution < 1.29 is 23.8 Å². The summed E-state index contributed by atoms with van der Waals surface area (Å²) in [6.45, 7) is 13.1. The van der Waals surface area contributed by atoms with Crippen molar-refractivity contribution in [1.29, 1.82) is 0 Å². The maximum Gasteiger partial charge on any atom is 0.407 e. The largest absolute Gasteiger partial charge is 0.465 e. The molecule has 40 heavy (non-hydrogen) atoms. The van der Waals surface area contributed by atoms with Gasteiger partial charge >= 0.3 is 6.09 Å². The summed E-state index contributed by atoms with van der Waals surface area (Å²) in [7, 11) is 0. The number of hydrogen-bond donors (Lipinski definition) is 1. The van der Waals surface area contributed by atoms with E-state index in [1.807, 2.05) is 38.1 Å². The van der Waals surface area contributed by atoms with Crippen LogP contribution in [-0.2, 0) is 6.54 Å². The molecule has 2 aromatic carbocycles. The van der Waals surface area contributed by atoms with E-state index in [1.165, 1.54) is 30.5 Å². The number of aromatic nitrogens is 1. The van der Waals surface area contributed by atoms with Gasteiger partial charge in [-0.2, -0.15) is 0 Å². The van der Waals surface area contributed by atoms with Crippen LogP contribution < -0.4 is 9.64 Å². The third-order valence-corrected chi connectivity index (χ3v) is 7.85. The molecule has 2 amide bonds. The second-order valence-electron chi connectivity index (χ2n) is 11.3. The summed E-state index contributed by atoms with van der Waals surface area (Å²) in [5.41, 5.74) is 1.55. The Morgan fingerprint density at radius 2 is 1.73 bits per heavy atom. The lowest BCUT2D eigenvalue weighted by molar-refractivity contribution is -0.0462. The summed E-state index contributed by atoms with van der Waals surface area (Å²) in [4.78, 5) is 35.0. The van der Waals surface area contributed by atoms with Crippen molar-refractivity contribution in [2.45, 2.75) is 46.7 Å². The summed E-state index contributed by atoms with van der Waals surface area (Å²) in [6.07, 6.45) is 0.595. The molecule has 3 aromatic rings. The molecular weight excluding hydrogens is 511 g/mol. The van der Waals surface area contributed by atoms with Crippen LogP contribution in [0, 0.1) is 11.2 Å². The van der Waals surface area contributed by atoms with Crippen LogP contribution in [0.4, 0.5) is 14.9 Å². The van der Waals surface area contributed by atoms with Gasteiger partial charge in [0.05, 0.1) is 11.1 Å². The number of ether oxygens (including phenoxy) is 1. The number of carbonyl (C=O) groups is 2. The lowest BCUT2D eigenvalue weighted by atomic mass is 9.72. The molecule has 0 radical (unpaired) electrons. The van der Waals surface area contributed by atoms with Gasteiger partial charge in [0.1, 0.15) is 11.6 Å². The van der Waals surface area contributed by atoms with Crippen molar-refractivity contribution in [1.82, 2.24) is 14.8 Å². The monoisotopic (exact) mass is 548 g/mol. The fourth-order valence-electron chi connectivity index (χ4n) is 5.00. The maximum atomic E-state index is 13.3. The number of pyridine rings is 1. The zero-order valence-corrected chi connectivity index (χ0v) is 23.7. The van der Waals surface area contributed by atoms with E-state index in [9.17, 15) is 19.1 Å². The molecule has 1 aromatic heterocycles. The first-order valence-electron chi connectivity index (χ1n) is 13.4. The molecule has 1 saturated heterocycles. The highest BCUT2D eigenvalue weighted by Gasteiger charge is 2.48. The number of benzene rings is 2. The van der Waals surface area contributed by atoms with Gasteiger partial charge in [-0.1, -0.05) is 32.9 Å². The standard InChI is InChI=1S/C31H37FN4O4/c1-6-35(28(37)23-9-16-27(33-19-23)40-26-14-10-24(32)11-15-26)25-12-7-22(8-13-25)20-34-17-18-36(29(38)39)31(5,21-34)30(2,3)4/h7-16,19H,6,17-18,20-21H2,1-5H3,(H,38,39)/t31-/m1/s1. The first-order valence-corrected chi connectivity index (χ1v) is 13.4. The average molecular weight is 549 g/mol. The molecule has 1 N–H and O–H groups in total. The molecule has 0 spiro atoms. The van der Waals surface area contributed by atoms with E-state index in [0.717, 1.165) is 11.3 Å². The number of anilines is 1. The number of carbonyl (C=O) groups excluding carboxylic acids is 1. The molecule has 1 fully saturated rings. The third-order valence-electron chi connectivity index (χ3n) is 7.85. The molecule has 0 bridgehead atoms. The minimum absolute atomic E-state index is 0.179. The van der Waals surface area contributed by atoms with Gasteiger partial charge in [-0.3, -0.25) is 14.6 Å². The second-order valence-corrected chi connectivity index (χ2v) is 11.3. The highest BCUT2D eigenvalue weighted by molar-refractivity contribution is 6.05. The van der Waals surface area contributed by atoms with Gasteiger partial charge in [0, 0.05) is 50.7 Å². The SMILES string of the molecule is CCN(C(=O)c1ccc(Oc2ccc(F)cc2)nc1)c1ccc(CN2CCN(C(=O)O)[C@@](C)(C(C)(C)C)C2)cc1. The van der Waals surface area contributed by atoms with Crippen molar-refractivity contribution >= 4 is 17.7 Å². The average Bonchev–Trinajstić information content (AvgIpc) is 2.91. The van der Waals surface area contributed by atoms with Crippen molar-refractivity contribution in [3.8, 4) is 11.6 Å². The fraction of sp³-hybridized carbons (Fsp3) is 0.387. The predicted octanol–water partition coefficient (Wildman–Crippen LogP) is 6.28. The Hall–Kier alpha value is -3.98. The molecule has 4 rings (SSSR count). The van der Waals surface area contributed by atoms with Crippen molar-refractivity contribution in [2.75, 3.05) is 31.1 Å². The normalized spacial score (nSPS) is 17.9. The number of carboxylic acid groups (broad SMARTS) is 1. The van der Waals surface area contributed by atoms with Gasteiger partial charge < -0.3 is 14.7 Å². The molecular formula is C31H37FN4O4. The highest BCUT2D eigenvalue weighted by Crippen LogP contribution is 2.38. The summed E-state index contributed by atoms with van der Waals surface area (Å²) in [6, 6.07) is 16.8. The van der Waals surface area contributed by atoms with Gasteiger partial charge in [-0.25, -0.2) is 14.2 Å². The molecule has 1 aliphatic rings. The number of nitrogens with zero attached hydrogens (tertiary/aromatic N) is 4. The lowest BCUT2D eigenvalue weighted by Gasteiger charge is -2.54. The van der Waals surface area contributed by atoms with Gasteiger partial charge in [-0.15, -0.1) is 0 Å². The Morgan fingerprint density at radius 1 is 1.05 bits per heavy atom. The number of piperazine rings is 1. The number of rotatable bonds is 7. The molecule has 0 saturated carbocycles. The number of halogens is 1. The van der Waals surface area contributed by atoms with Crippen LogP contribution in [0.1, 0.15) is 50.5 Å². The van der Waals surface area contributed by atoms with Crippen LogP contribution in [0.2, 0.25) is 0 Å². The molecule has 0 aliphatic carbocycles. The van der Waals surface area contributed by atoms with Crippen molar-refractivity contribution in [2.24, 2.45) is 5.41 Å². The van der Waals surface area contributed by atoms with Gasteiger partial charge in [-0.05, 0) is 67.3 Å². The zero-order valence-electron chi connectivity index (χ0n) is 23.7. The molecule has 9 heteroatoms. The van der Waals surface area contributed by atoms with E-state index >= 15 is 0 Å². The Bertz CT molecular complexity index is 1320. The smallest absolute Gasteiger partial charge is 0.407 e.